The molecule has 0 bridgehead atoms. The van der Waals surface area contributed by atoms with Gasteiger partial charge in [-0.3, -0.25) is 4.99 Å². The zero-order chi connectivity index (χ0) is 7.28. The van der Waals surface area contributed by atoms with Gasteiger partial charge in [0, 0.05) is 27.6 Å². The quantitative estimate of drug-likeness (QED) is 0.420. The van der Waals surface area contributed by atoms with Crippen LogP contribution in [0, 0.1) is 0 Å². The van der Waals surface area contributed by atoms with Crippen LogP contribution in [0.15, 0.2) is 4.99 Å². The molecular weight excluding hydrogens is 116 g/mol. The first kappa shape index (κ1) is 8.43. The Hall–Kier alpha value is -0.570. The molecule has 0 aliphatic carbocycles. The van der Waals surface area contributed by atoms with E-state index in [4.69, 9.17) is 5.11 Å². The largest absolute Gasteiger partial charge is 0.396 e. The highest BCUT2D eigenvalue weighted by molar-refractivity contribution is 5.81. The molecule has 0 fully saturated rings. The second kappa shape index (κ2) is 4.32. The molecule has 0 aromatic heterocycles. The third kappa shape index (κ3) is 3.08. The smallest absolute Gasteiger partial charge is 0.100 e. The minimum absolute atomic E-state index is 0.171. The van der Waals surface area contributed by atoms with E-state index in [0.29, 0.717) is 6.42 Å². The van der Waals surface area contributed by atoms with Gasteiger partial charge in [0.15, 0.2) is 0 Å². The van der Waals surface area contributed by atoms with E-state index < -0.39 is 0 Å². The predicted octanol–water partition coefficient (Wildman–Crippen LogP) is -0.0413. The molecule has 0 aliphatic rings. The molecule has 0 saturated carbocycles. The molecule has 9 heavy (non-hydrogen) atoms. The maximum Gasteiger partial charge on any atom is 0.100 e. The second-order valence-corrected chi connectivity index (χ2v) is 2.01. The van der Waals surface area contributed by atoms with Crippen molar-refractivity contribution in [2.24, 2.45) is 4.99 Å². The molecule has 0 unspecified atom stereocenters. The van der Waals surface area contributed by atoms with E-state index in [2.05, 4.69) is 4.99 Å². The van der Waals surface area contributed by atoms with E-state index in [9.17, 15) is 0 Å². The summed E-state index contributed by atoms with van der Waals surface area (Å²) >= 11 is 0. The Bertz CT molecular complexity index is 99.2. The zero-order valence-electron chi connectivity index (χ0n) is 6.26. The van der Waals surface area contributed by atoms with Crippen molar-refractivity contribution in [2.75, 3.05) is 27.7 Å². The Labute approximate surface area is 56.0 Å². The standard InChI is InChI=1S/C6H14N2O/c1-7-6(4-5-9)8(2)3/h9H,4-5H2,1-3H3. The van der Waals surface area contributed by atoms with E-state index in [1.54, 1.807) is 7.05 Å². The lowest BCUT2D eigenvalue weighted by atomic mass is 10.4. The Balaban J connectivity index is 3.70. The molecule has 0 spiro atoms. The number of aliphatic hydroxyl groups excluding tert-OH is 1. The number of hydrogen-bond acceptors (Lipinski definition) is 2. The number of aliphatic imine (C=N–C) groups is 1. The average molecular weight is 130 g/mol. The number of amidine groups is 1. The third-order valence-electron chi connectivity index (χ3n) is 1.11. The molecular formula is C6H14N2O. The molecule has 0 amide bonds. The first-order chi connectivity index (χ1) is 4.22. The van der Waals surface area contributed by atoms with E-state index in [1.807, 2.05) is 19.0 Å². The second-order valence-electron chi connectivity index (χ2n) is 2.01. The molecule has 0 rings (SSSR count). The molecule has 1 N–H and O–H groups in total. The molecule has 0 aromatic carbocycles. The highest BCUT2D eigenvalue weighted by Crippen LogP contribution is 1.87. The number of hydrogen-bond donors (Lipinski definition) is 1. The monoisotopic (exact) mass is 130 g/mol. The summed E-state index contributed by atoms with van der Waals surface area (Å²) < 4.78 is 0. The summed E-state index contributed by atoms with van der Waals surface area (Å²) in [5, 5.41) is 8.51. The zero-order valence-corrected chi connectivity index (χ0v) is 6.26. The van der Waals surface area contributed by atoms with Gasteiger partial charge in [0.2, 0.25) is 0 Å². The van der Waals surface area contributed by atoms with Crippen LogP contribution in [0.5, 0.6) is 0 Å². The van der Waals surface area contributed by atoms with E-state index in [-0.39, 0.29) is 6.61 Å². The summed E-state index contributed by atoms with van der Waals surface area (Å²) in [7, 11) is 5.56. The molecule has 0 saturated heterocycles. The van der Waals surface area contributed by atoms with Crippen LogP contribution >= 0.6 is 0 Å². The van der Waals surface area contributed by atoms with Gasteiger partial charge in [-0.1, -0.05) is 0 Å². The average Bonchev–Trinajstić information content (AvgIpc) is 1.82. The van der Waals surface area contributed by atoms with Gasteiger partial charge in [-0.15, -0.1) is 0 Å². The van der Waals surface area contributed by atoms with Gasteiger partial charge in [0.25, 0.3) is 0 Å². The maximum atomic E-state index is 8.51. The molecule has 0 heterocycles. The van der Waals surface area contributed by atoms with Gasteiger partial charge in [0.05, 0.1) is 6.61 Å². The minimum Gasteiger partial charge on any atom is -0.396 e. The van der Waals surface area contributed by atoms with Crippen molar-refractivity contribution in [3.05, 3.63) is 0 Å². The Morgan fingerprint density at radius 1 is 1.56 bits per heavy atom. The Morgan fingerprint density at radius 2 is 2.11 bits per heavy atom. The van der Waals surface area contributed by atoms with Gasteiger partial charge >= 0.3 is 0 Å². The molecule has 3 heteroatoms. The first-order valence-corrected chi connectivity index (χ1v) is 2.96. The summed E-state index contributed by atoms with van der Waals surface area (Å²) in [5.41, 5.74) is 0. The van der Waals surface area contributed by atoms with Crippen LogP contribution in [0.1, 0.15) is 6.42 Å². The summed E-state index contributed by atoms with van der Waals surface area (Å²) in [5.74, 6) is 0.928. The Kier molecular flexibility index (Phi) is 4.05. The van der Waals surface area contributed by atoms with Crippen LogP contribution in [0.3, 0.4) is 0 Å². The minimum atomic E-state index is 0.171. The van der Waals surface area contributed by atoms with Gasteiger partial charge in [0.1, 0.15) is 5.84 Å². The van der Waals surface area contributed by atoms with Crippen molar-refractivity contribution in [3.63, 3.8) is 0 Å². The fourth-order valence-corrected chi connectivity index (χ4v) is 0.635. The third-order valence-corrected chi connectivity index (χ3v) is 1.11. The molecule has 0 aromatic rings. The summed E-state index contributed by atoms with van der Waals surface area (Å²) in [4.78, 5) is 5.86. The van der Waals surface area contributed by atoms with Crippen molar-refractivity contribution >= 4 is 5.84 Å². The van der Waals surface area contributed by atoms with Crippen LogP contribution in [-0.2, 0) is 0 Å². The van der Waals surface area contributed by atoms with Crippen molar-refractivity contribution in [2.45, 2.75) is 6.42 Å². The fraction of sp³-hybridized carbons (Fsp3) is 0.833. The van der Waals surface area contributed by atoms with Crippen molar-refractivity contribution in [1.82, 2.24) is 4.90 Å². The number of rotatable bonds is 2. The molecule has 0 aliphatic heterocycles. The highest BCUT2D eigenvalue weighted by atomic mass is 16.3. The summed E-state index contributed by atoms with van der Waals surface area (Å²) in [6, 6.07) is 0. The predicted molar refractivity (Wildman–Crippen MR) is 38.7 cm³/mol. The van der Waals surface area contributed by atoms with Crippen LogP contribution in [0.2, 0.25) is 0 Å². The SMILES string of the molecule is CN=C(CCO)N(C)C. The number of aliphatic hydroxyl groups is 1. The van der Waals surface area contributed by atoms with Crippen molar-refractivity contribution < 1.29 is 5.11 Å². The molecule has 54 valence electrons. The number of nitrogens with zero attached hydrogens (tertiary/aromatic N) is 2. The van der Waals surface area contributed by atoms with Crippen LogP contribution < -0.4 is 0 Å². The topological polar surface area (TPSA) is 35.8 Å². The van der Waals surface area contributed by atoms with Crippen molar-refractivity contribution in [3.8, 4) is 0 Å². The van der Waals surface area contributed by atoms with E-state index in [0.717, 1.165) is 5.84 Å². The normalized spacial score (nSPS) is 11.8. The lowest BCUT2D eigenvalue weighted by molar-refractivity contribution is 0.302. The van der Waals surface area contributed by atoms with Crippen LogP contribution in [0.4, 0.5) is 0 Å². The molecule has 3 nitrogen and oxygen atoms in total. The van der Waals surface area contributed by atoms with Gasteiger partial charge in [-0.2, -0.15) is 0 Å². The molecule has 0 radical (unpaired) electrons. The summed E-state index contributed by atoms with van der Waals surface area (Å²) in [6.45, 7) is 0.171. The summed E-state index contributed by atoms with van der Waals surface area (Å²) in [6.07, 6.45) is 0.642. The van der Waals surface area contributed by atoms with E-state index in [1.165, 1.54) is 0 Å². The lowest BCUT2D eigenvalue weighted by Crippen LogP contribution is -2.22. The van der Waals surface area contributed by atoms with Crippen LogP contribution in [-0.4, -0.2) is 43.6 Å². The highest BCUT2D eigenvalue weighted by Gasteiger charge is 1.96. The van der Waals surface area contributed by atoms with Gasteiger partial charge in [-0.05, 0) is 0 Å². The first-order valence-electron chi connectivity index (χ1n) is 2.96. The Morgan fingerprint density at radius 3 is 2.22 bits per heavy atom. The van der Waals surface area contributed by atoms with Crippen molar-refractivity contribution in [1.29, 1.82) is 0 Å². The maximum absolute atomic E-state index is 8.51. The molecule has 0 atom stereocenters. The fourth-order valence-electron chi connectivity index (χ4n) is 0.635. The lowest BCUT2D eigenvalue weighted by Gasteiger charge is -2.13. The van der Waals surface area contributed by atoms with Gasteiger partial charge < -0.3 is 10.0 Å². The van der Waals surface area contributed by atoms with Gasteiger partial charge in [-0.25, -0.2) is 0 Å². The van der Waals surface area contributed by atoms with Crippen LogP contribution in [0.25, 0.3) is 0 Å². The van der Waals surface area contributed by atoms with E-state index >= 15 is 0 Å².